The van der Waals surface area contributed by atoms with Crippen molar-refractivity contribution >= 4 is 5.57 Å². The van der Waals surface area contributed by atoms with Gasteiger partial charge in [0.05, 0.1) is 0 Å². The Morgan fingerprint density at radius 2 is 1.84 bits per heavy atom. The highest BCUT2D eigenvalue weighted by atomic mass is 19.1. The number of benzene rings is 2. The number of allylic oxidation sites excluding steroid dienone is 2. The van der Waals surface area contributed by atoms with Gasteiger partial charge in [0.25, 0.3) is 0 Å². The van der Waals surface area contributed by atoms with Gasteiger partial charge in [0, 0.05) is 12.6 Å². The van der Waals surface area contributed by atoms with Crippen LogP contribution in [0.3, 0.4) is 0 Å². The fourth-order valence-electron chi connectivity index (χ4n) is 1.86. The van der Waals surface area contributed by atoms with Gasteiger partial charge in [-0.2, -0.15) is 0 Å². The Morgan fingerprint density at radius 3 is 2.47 bits per heavy atom. The van der Waals surface area contributed by atoms with Crippen LogP contribution in [0.1, 0.15) is 5.56 Å². The number of halogens is 1. The van der Waals surface area contributed by atoms with Crippen molar-refractivity contribution < 1.29 is 4.39 Å². The SMILES string of the molecule is C=C(/C=C\NC)c1ccc(-c2ccccc2)cc1F. The molecular formula is C17H16FN. The molecular weight excluding hydrogens is 237 g/mol. The van der Waals surface area contributed by atoms with E-state index in [2.05, 4.69) is 11.9 Å². The predicted molar refractivity (Wildman–Crippen MR) is 79.1 cm³/mol. The topological polar surface area (TPSA) is 12.0 Å². The van der Waals surface area contributed by atoms with E-state index in [9.17, 15) is 4.39 Å². The van der Waals surface area contributed by atoms with E-state index >= 15 is 0 Å². The first-order valence-corrected chi connectivity index (χ1v) is 6.10. The van der Waals surface area contributed by atoms with Crippen LogP contribution in [-0.4, -0.2) is 7.05 Å². The van der Waals surface area contributed by atoms with Gasteiger partial charge in [-0.15, -0.1) is 0 Å². The highest BCUT2D eigenvalue weighted by Gasteiger charge is 2.06. The molecule has 0 fully saturated rings. The molecule has 0 radical (unpaired) electrons. The van der Waals surface area contributed by atoms with E-state index in [4.69, 9.17) is 0 Å². The van der Waals surface area contributed by atoms with E-state index in [0.717, 1.165) is 11.1 Å². The molecule has 0 spiro atoms. The van der Waals surface area contributed by atoms with Gasteiger partial charge in [-0.25, -0.2) is 4.39 Å². The van der Waals surface area contributed by atoms with Gasteiger partial charge in [0.2, 0.25) is 0 Å². The second-order valence-electron chi connectivity index (χ2n) is 4.21. The third-order valence-electron chi connectivity index (χ3n) is 2.87. The van der Waals surface area contributed by atoms with Crippen LogP contribution in [0.15, 0.2) is 67.4 Å². The molecule has 2 aromatic rings. The molecule has 0 saturated carbocycles. The fourth-order valence-corrected chi connectivity index (χ4v) is 1.86. The fraction of sp³-hybridized carbons (Fsp3) is 0.0588. The molecule has 1 nitrogen and oxygen atoms in total. The average molecular weight is 253 g/mol. The molecule has 2 aromatic carbocycles. The zero-order chi connectivity index (χ0) is 13.7. The van der Waals surface area contributed by atoms with Crippen molar-refractivity contribution in [3.63, 3.8) is 0 Å². The Labute approximate surface area is 113 Å². The summed E-state index contributed by atoms with van der Waals surface area (Å²) in [5.41, 5.74) is 3.04. The van der Waals surface area contributed by atoms with Crippen molar-refractivity contribution in [2.24, 2.45) is 0 Å². The van der Waals surface area contributed by atoms with Crippen LogP contribution in [0.25, 0.3) is 16.7 Å². The molecule has 0 aliphatic heterocycles. The maximum atomic E-state index is 14.1. The average Bonchev–Trinajstić information content (AvgIpc) is 2.45. The minimum absolute atomic E-state index is 0.257. The summed E-state index contributed by atoms with van der Waals surface area (Å²) in [4.78, 5) is 0. The van der Waals surface area contributed by atoms with Crippen LogP contribution in [0.4, 0.5) is 4.39 Å². The Morgan fingerprint density at radius 1 is 1.11 bits per heavy atom. The number of nitrogens with one attached hydrogen (secondary N) is 1. The molecule has 19 heavy (non-hydrogen) atoms. The monoisotopic (exact) mass is 253 g/mol. The van der Waals surface area contributed by atoms with Gasteiger partial charge in [-0.05, 0) is 35.0 Å². The first-order valence-electron chi connectivity index (χ1n) is 6.10. The maximum absolute atomic E-state index is 14.1. The molecule has 2 rings (SSSR count). The number of rotatable bonds is 4. The van der Waals surface area contributed by atoms with E-state index in [1.54, 1.807) is 31.5 Å². The normalized spacial score (nSPS) is 10.6. The van der Waals surface area contributed by atoms with E-state index in [-0.39, 0.29) is 5.82 Å². The second kappa shape index (κ2) is 6.01. The molecule has 0 aliphatic rings. The molecule has 0 aliphatic carbocycles. The lowest BCUT2D eigenvalue weighted by Crippen LogP contribution is -1.93. The van der Waals surface area contributed by atoms with Gasteiger partial charge < -0.3 is 5.32 Å². The summed E-state index contributed by atoms with van der Waals surface area (Å²) in [5.74, 6) is -0.257. The third kappa shape index (κ3) is 3.10. The highest BCUT2D eigenvalue weighted by molar-refractivity contribution is 5.75. The van der Waals surface area contributed by atoms with Crippen LogP contribution >= 0.6 is 0 Å². The van der Waals surface area contributed by atoms with Crippen molar-refractivity contribution in [2.45, 2.75) is 0 Å². The minimum atomic E-state index is -0.257. The summed E-state index contributed by atoms with van der Waals surface area (Å²) >= 11 is 0. The quantitative estimate of drug-likeness (QED) is 0.804. The van der Waals surface area contributed by atoms with Crippen LogP contribution in [0.2, 0.25) is 0 Å². The van der Waals surface area contributed by atoms with Gasteiger partial charge in [-0.3, -0.25) is 0 Å². The molecule has 0 heterocycles. The van der Waals surface area contributed by atoms with Gasteiger partial charge in [0.1, 0.15) is 5.82 Å². The highest BCUT2D eigenvalue weighted by Crippen LogP contribution is 2.25. The van der Waals surface area contributed by atoms with Gasteiger partial charge in [0.15, 0.2) is 0 Å². The zero-order valence-corrected chi connectivity index (χ0v) is 10.9. The first kappa shape index (κ1) is 13.1. The largest absolute Gasteiger partial charge is 0.394 e. The van der Waals surface area contributed by atoms with Crippen LogP contribution in [0, 0.1) is 5.82 Å². The molecule has 1 N–H and O–H groups in total. The van der Waals surface area contributed by atoms with E-state index in [0.29, 0.717) is 11.1 Å². The third-order valence-corrected chi connectivity index (χ3v) is 2.87. The van der Waals surface area contributed by atoms with E-state index < -0.39 is 0 Å². The molecule has 0 unspecified atom stereocenters. The van der Waals surface area contributed by atoms with Crippen molar-refractivity contribution in [1.82, 2.24) is 5.32 Å². The van der Waals surface area contributed by atoms with Crippen LogP contribution in [-0.2, 0) is 0 Å². The summed E-state index contributed by atoms with van der Waals surface area (Å²) < 4.78 is 14.1. The molecule has 0 aromatic heterocycles. The van der Waals surface area contributed by atoms with Crippen LogP contribution in [0.5, 0.6) is 0 Å². The van der Waals surface area contributed by atoms with Gasteiger partial charge in [-0.1, -0.05) is 49.0 Å². The summed E-state index contributed by atoms with van der Waals surface area (Å²) in [6, 6.07) is 15.0. The number of hydrogen-bond donors (Lipinski definition) is 1. The molecule has 0 atom stereocenters. The zero-order valence-electron chi connectivity index (χ0n) is 10.9. The van der Waals surface area contributed by atoms with Crippen molar-refractivity contribution in [3.05, 3.63) is 78.8 Å². The van der Waals surface area contributed by atoms with Crippen LogP contribution < -0.4 is 5.32 Å². The predicted octanol–water partition coefficient (Wildman–Crippen LogP) is 4.24. The Balaban J connectivity index is 2.32. The Bertz CT molecular complexity index is 600. The van der Waals surface area contributed by atoms with E-state index in [1.165, 1.54) is 0 Å². The van der Waals surface area contributed by atoms with Crippen molar-refractivity contribution in [1.29, 1.82) is 0 Å². The van der Waals surface area contributed by atoms with Gasteiger partial charge >= 0.3 is 0 Å². The summed E-state index contributed by atoms with van der Waals surface area (Å²) in [6.07, 6.45) is 3.48. The lowest BCUT2D eigenvalue weighted by Gasteiger charge is -2.06. The van der Waals surface area contributed by atoms with E-state index in [1.807, 2.05) is 36.4 Å². The summed E-state index contributed by atoms with van der Waals surface area (Å²) in [6.45, 7) is 3.86. The van der Waals surface area contributed by atoms with Crippen molar-refractivity contribution in [3.8, 4) is 11.1 Å². The Hall–Kier alpha value is -2.35. The molecule has 96 valence electrons. The Kier molecular flexibility index (Phi) is 4.14. The minimum Gasteiger partial charge on any atom is -0.394 e. The van der Waals surface area contributed by atoms with Crippen molar-refractivity contribution in [2.75, 3.05) is 7.05 Å². The maximum Gasteiger partial charge on any atom is 0.131 e. The summed E-state index contributed by atoms with van der Waals surface area (Å²) in [7, 11) is 1.79. The lowest BCUT2D eigenvalue weighted by molar-refractivity contribution is 0.625. The standard InChI is InChI=1S/C17H16FN/c1-13(10-11-19-2)16-9-8-15(12-17(16)18)14-6-4-3-5-7-14/h3-12,19H,1H2,2H3/b11-10-. The lowest BCUT2D eigenvalue weighted by atomic mass is 10.0. The first-order chi connectivity index (χ1) is 9.22. The molecule has 0 amide bonds. The molecule has 2 heteroatoms. The summed E-state index contributed by atoms with van der Waals surface area (Å²) in [5, 5.41) is 2.86. The second-order valence-corrected chi connectivity index (χ2v) is 4.21. The number of hydrogen-bond acceptors (Lipinski definition) is 1. The molecule has 0 bridgehead atoms. The smallest absolute Gasteiger partial charge is 0.131 e. The molecule has 0 saturated heterocycles.